The highest BCUT2D eigenvalue weighted by atomic mass is 16.6. The molecule has 6 nitrogen and oxygen atoms in total. The first-order chi connectivity index (χ1) is 14.8. The van der Waals surface area contributed by atoms with Crippen molar-refractivity contribution in [1.29, 1.82) is 5.26 Å². The Morgan fingerprint density at radius 1 is 0.900 bits per heavy atom. The molecule has 2 fully saturated rings. The first kappa shape index (κ1) is 20.5. The Morgan fingerprint density at radius 3 is 1.90 bits per heavy atom. The molecule has 0 saturated carbocycles. The minimum Gasteiger partial charge on any atom is -0.370 e. The van der Waals surface area contributed by atoms with Crippen molar-refractivity contribution in [3.8, 4) is 6.07 Å². The predicted molar refractivity (Wildman–Crippen MR) is 109 cm³/mol. The lowest BCUT2D eigenvalue weighted by molar-refractivity contribution is -0.0851. The zero-order valence-electron chi connectivity index (χ0n) is 16.6. The second kappa shape index (κ2) is 9.84. The van der Waals surface area contributed by atoms with Crippen LogP contribution in [0.15, 0.2) is 60.7 Å². The molecule has 2 saturated heterocycles. The zero-order chi connectivity index (χ0) is 20.8. The second-order valence-electron chi connectivity index (χ2n) is 7.45. The molecule has 4 rings (SSSR count). The third kappa shape index (κ3) is 4.53. The van der Waals surface area contributed by atoms with Crippen LogP contribution in [-0.4, -0.2) is 44.2 Å². The van der Waals surface area contributed by atoms with Gasteiger partial charge in [-0.3, -0.25) is 0 Å². The smallest absolute Gasteiger partial charge is 0.244 e. The van der Waals surface area contributed by atoms with Gasteiger partial charge in [0.15, 0.2) is 6.10 Å². The molecule has 0 N–H and O–H groups in total. The zero-order valence-corrected chi connectivity index (χ0v) is 16.6. The average molecular weight is 404 g/mol. The molecule has 6 heteroatoms. The molecule has 2 aromatic rings. The Labute approximate surface area is 176 Å². The third-order valence-corrected chi connectivity index (χ3v) is 5.52. The van der Waals surface area contributed by atoms with Crippen molar-refractivity contribution in [2.24, 2.45) is 0 Å². The van der Waals surface area contributed by atoms with Crippen LogP contribution in [0.1, 0.15) is 29.8 Å². The number of nitriles is 1. The van der Waals surface area contributed by atoms with Gasteiger partial charge in [0.25, 0.3) is 0 Å². The Bertz CT molecular complexity index is 817. The van der Waals surface area contributed by atoms with Crippen LogP contribution < -0.4 is 0 Å². The predicted octanol–water partition coefficient (Wildman–Crippen LogP) is 3.87. The van der Waals surface area contributed by atoms with Crippen LogP contribution >= 0.6 is 0 Å². The Morgan fingerprint density at radius 2 is 1.40 bits per heavy atom. The summed E-state index contributed by atoms with van der Waals surface area (Å²) in [4.78, 5) is 3.54. The van der Waals surface area contributed by atoms with Crippen molar-refractivity contribution < 1.29 is 18.9 Å². The number of ether oxygens (including phenoxy) is 4. The van der Waals surface area contributed by atoms with Gasteiger partial charge in [-0.15, -0.1) is 0 Å². The molecule has 4 unspecified atom stereocenters. The highest BCUT2D eigenvalue weighted by Gasteiger charge is 2.50. The molecule has 0 radical (unpaired) electrons. The second-order valence-corrected chi connectivity index (χ2v) is 7.45. The van der Waals surface area contributed by atoms with E-state index in [0.29, 0.717) is 13.2 Å². The van der Waals surface area contributed by atoms with Crippen molar-refractivity contribution in [1.82, 2.24) is 0 Å². The number of fused-ring (bicyclic) bond motifs is 1. The highest BCUT2D eigenvalue weighted by molar-refractivity contribution is 5.20. The molecule has 0 spiro atoms. The van der Waals surface area contributed by atoms with E-state index in [-0.39, 0.29) is 49.6 Å². The van der Waals surface area contributed by atoms with E-state index in [2.05, 4.69) is 10.9 Å². The molecule has 2 aliphatic heterocycles. The molecular weight excluding hydrogens is 380 g/mol. The molecule has 2 heterocycles. The number of rotatable bonds is 8. The van der Waals surface area contributed by atoms with Crippen LogP contribution in [-0.2, 0) is 18.9 Å². The fourth-order valence-electron chi connectivity index (χ4n) is 4.06. The van der Waals surface area contributed by atoms with Crippen molar-refractivity contribution in [3.63, 3.8) is 0 Å². The highest BCUT2D eigenvalue weighted by Crippen LogP contribution is 2.36. The molecule has 0 bridgehead atoms. The molecule has 154 valence electrons. The quantitative estimate of drug-likeness (QED) is 0.625. The van der Waals surface area contributed by atoms with Crippen LogP contribution in [0.3, 0.4) is 0 Å². The minimum atomic E-state index is -0.327. The summed E-state index contributed by atoms with van der Waals surface area (Å²) in [5, 5.41) is 9.22. The molecule has 0 amide bonds. The van der Waals surface area contributed by atoms with Gasteiger partial charge in [-0.1, -0.05) is 60.7 Å². The van der Waals surface area contributed by atoms with Gasteiger partial charge in [0.05, 0.1) is 31.8 Å². The number of nitrogens with zero attached hydrogens (tertiary/aromatic N) is 2. The van der Waals surface area contributed by atoms with E-state index in [0.717, 1.165) is 11.1 Å². The molecule has 30 heavy (non-hydrogen) atoms. The summed E-state index contributed by atoms with van der Waals surface area (Å²) in [5.41, 5.74) is 1.94. The minimum absolute atomic E-state index is 0.245. The summed E-state index contributed by atoms with van der Waals surface area (Å²) in [6.45, 7) is 8.30. The Balaban J connectivity index is 1.41. The lowest BCUT2D eigenvalue weighted by Crippen LogP contribution is -2.35. The van der Waals surface area contributed by atoms with Gasteiger partial charge >= 0.3 is 0 Å². The van der Waals surface area contributed by atoms with Gasteiger partial charge in [-0.25, -0.2) is 6.57 Å². The van der Waals surface area contributed by atoms with Crippen molar-refractivity contribution in [2.45, 2.75) is 43.0 Å². The van der Waals surface area contributed by atoms with E-state index in [9.17, 15) is 5.26 Å². The first-order valence-electron chi connectivity index (χ1n) is 10.1. The average Bonchev–Trinajstić information content (AvgIpc) is 3.37. The van der Waals surface area contributed by atoms with E-state index in [4.69, 9.17) is 25.5 Å². The Hall–Kier alpha value is -2.74. The van der Waals surface area contributed by atoms with Gasteiger partial charge in [-0.05, 0) is 11.1 Å². The maximum absolute atomic E-state index is 9.22. The lowest BCUT2D eigenvalue weighted by Gasteiger charge is -2.23. The molecule has 2 aliphatic rings. The van der Waals surface area contributed by atoms with Gasteiger partial charge in [0.2, 0.25) is 6.54 Å². The van der Waals surface area contributed by atoms with Crippen LogP contribution in [0.25, 0.3) is 4.85 Å². The summed E-state index contributed by atoms with van der Waals surface area (Å²) in [5.74, 6) is 0. The maximum atomic E-state index is 9.22. The molecule has 0 aromatic heterocycles. The number of hydrogen-bond acceptors (Lipinski definition) is 5. The van der Waals surface area contributed by atoms with Crippen molar-refractivity contribution in [2.75, 3.05) is 19.8 Å². The van der Waals surface area contributed by atoms with Crippen LogP contribution in [0.2, 0.25) is 0 Å². The van der Waals surface area contributed by atoms with E-state index >= 15 is 0 Å². The monoisotopic (exact) mass is 404 g/mol. The molecule has 2 aromatic carbocycles. The summed E-state index contributed by atoms with van der Waals surface area (Å²) < 4.78 is 24.5. The lowest BCUT2D eigenvalue weighted by atomic mass is 10.1. The Kier molecular flexibility index (Phi) is 6.74. The van der Waals surface area contributed by atoms with Crippen LogP contribution in [0, 0.1) is 17.9 Å². The standard InChI is InChI=1S/C24H24N2O4/c1-26-14-20(18-10-6-3-7-11-18)30-22-16-28-23-21(15-27-24(22)23)29-19(12-13-25)17-8-4-2-5-9-17/h2-11,19-24H,12,14-16H2/t19?,20?,21-,22+,23?,24?/m0/s1. The van der Waals surface area contributed by atoms with E-state index in [1.165, 1.54) is 0 Å². The van der Waals surface area contributed by atoms with E-state index in [1.807, 2.05) is 60.7 Å². The fraction of sp³-hybridized carbons (Fsp3) is 0.417. The van der Waals surface area contributed by atoms with E-state index in [1.54, 1.807) is 0 Å². The SMILES string of the molecule is [C-]#[N+]CC(O[C@@H]1COC2C1OC[C@@H]2OC(CC#N)c1ccccc1)c1ccccc1. The van der Waals surface area contributed by atoms with Crippen molar-refractivity contribution >= 4 is 0 Å². The molecule has 0 aliphatic carbocycles. The third-order valence-electron chi connectivity index (χ3n) is 5.52. The summed E-state index contributed by atoms with van der Waals surface area (Å²) >= 11 is 0. The van der Waals surface area contributed by atoms with Crippen LogP contribution in [0.5, 0.6) is 0 Å². The normalized spacial score (nSPS) is 27.0. The van der Waals surface area contributed by atoms with Gasteiger partial charge in [0.1, 0.15) is 24.4 Å². The first-order valence-corrected chi connectivity index (χ1v) is 10.1. The van der Waals surface area contributed by atoms with Gasteiger partial charge in [-0.2, -0.15) is 5.26 Å². The van der Waals surface area contributed by atoms with Crippen molar-refractivity contribution in [3.05, 3.63) is 83.2 Å². The summed E-state index contributed by atoms with van der Waals surface area (Å²) in [6.07, 6.45) is -1.41. The van der Waals surface area contributed by atoms with Crippen LogP contribution in [0.4, 0.5) is 0 Å². The topological polar surface area (TPSA) is 65.1 Å². The molecule has 6 atom stereocenters. The summed E-state index contributed by atoms with van der Waals surface area (Å²) in [6, 6.07) is 21.7. The largest absolute Gasteiger partial charge is 0.370 e. The van der Waals surface area contributed by atoms with Gasteiger partial charge < -0.3 is 23.8 Å². The number of hydrogen-bond donors (Lipinski definition) is 0. The summed E-state index contributed by atoms with van der Waals surface area (Å²) in [7, 11) is 0. The maximum Gasteiger partial charge on any atom is 0.244 e. The fourth-order valence-corrected chi connectivity index (χ4v) is 4.06. The van der Waals surface area contributed by atoms with E-state index < -0.39 is 0 Å². The number of benzene rings is 2. The molecular formula is C24H24N2O4. The van der Waals surface area contributed by atoms with Gasteiger partial charge in [0, 0.05) is 0 Å².